The minimum absolute atomic E-state index is 0.0470. The van der Waals surface area contributed by atoms with Gasteiger partial charge in [-0.1, -0.05) is 24.3 Å². The Hall–Kier alpha value is -3.13. The van der Waals surface area contributed by atoms with E-state index in [9.17, 15) is 9.59 Å². The van der Waals surface area contributed by atoms with Gasteiger partial charge in [-0.15, -0.1) is 0 Å². The number of benzene rings is 2. The fourth-order valence-electron chi connectivity index (χ4n) is 2.21. The van der Waals surface area contributed by atoms with Gasteiger partial charge in [0.25, 0.3) is 0 Å². The second-order valence-electron chi connectivity index (χ2n) is 5.40. The van der Waals surface area contributed by atoms with Crippen molar-refractivity contribution in [2.24, 2.45) is 0 Å². The fraction of sp³-hybridized carbons (Fsp3) is 0.211. The van der Waals surface area contributed by atoms with Crippen LogP contribution in [0, 0.1) is 11.3 Å². The van der Waals surface area contributed by atoms with Gasteiger partial charge >= 0.3 is 0 Å². The number of hydrogen-bond donors (Lipinski definition) is 2. The predicted octanol–water partition coefficient (Wildman–Crippen LogP) is 2.42. The van der Waals surface area contributed by atoms with Crippen molar-refractivity contribution in [2.45, 2.75) is 19.3 Å². The third kappa shape index (κ3) is 5.25. The second kappa shape index (κ2) is 8.49. The van der Waals surface area contributed by atoms with Crippen LogP contribution >= 0.6 is 0 Å². The number of anilines is 1. The van der Waals surface area contributed by atoms with Gasteiger partial charge in [0.15, 0.2) is 0 Å². The van der Waals surface area contributed by atoms with E-state index in [0.717, 1.165) is 11.1 Å². The molecule has 24 heavy (non-hydrogen) atoms. The lowest BCUT2D eigenvalue weighted by atomic mass is 10.1. The lowest BCUT2D eigenvalue weighted by Crippen LogP contribution is -2.19. The van der Waals surface area contributed by atoms with Crippen LogP contribution in [0.15, 0.2) is 48.5 Å². The molecule has 0 heterocycles. The van der Waals surface area contributed by atoms with Crippen molar-refractivity contribution in [3.63, 3.8) is 0 Å². The lowest BCUT2D eigenvalue weighted by Gasteiger charge is -2.07. The van der Waals surface area contributed by atoms with Crippen LogP contribution in [0.2, 0.25) is 0 Å². The Morgan fingerprint density at radius 1 is 0.958 bits per heavy atom. The van der Waals surface area contributed by atoms with Crippen LogP contribution in [0.4, 0.5) is 5.69 Å². The highest BCUT2D eigenvalue weighted by Gasteiger charge is 2.05. The summed E-state index contributed by atoms with van der Waals surface area (Å²) in [4.78, 5) is 23.3. The van der Waals surface area contributed by atoms with E-state index in [0.29, 0.717) is 30.5 Å². The first-order chi connectivity index (χ1) is 11.6. The Balaban J connectivity index is 1.83. The van der Waals surface area contributed by atoms with E-state index in [1.54, 1.807) is 31.3 Å². The fourth-order valence-corrected chi connectivity index (χ4v) is 2.21. The van der Waals surface area contributed by atoms with Crippen molar-refractivity contribution in [3.05, 3.63) is 65.2 Å². The average molecular weight is 321 g/mol. The number of nitriles is 1. The number of carbonyl (C=O) groups is 2. The maximum atomic E-state index is 12.0. The molecule has 2 N–H and O–H groups in total. The Morgan fingerprint density at radius 3 is 2.17 bits per heavy atom. The van der Waals surface area contributed by atoms with E-state index < -0.39 is 0 Å². The molecule has 0 radical (unpaired) electrons. The smallest absolute Gasteiger partial charge is 0.224 e. The van der Waals surface area contributed by atoms with E-state index in [2.05, 4.69) is 16.7 Å². The SMILES string of the molecule is CNC(=O)Cc1ccc(NC(=O)CCc2ccc(C#N)cc2)cc1. The first-order valence-corrected chi connectivity index (χ1v) is 7.69. The Labute approximate surface area is 141 Å². The summed E-state index contributed by atoms with van der Waals surface area (Å²) < 4.78 is 0. The second-order valence-corrected chi connectivity index (χ2v) is 5.40. The zero-order chi connectivity index (χ0) is 17.4. The van der Waals surface area contributed by atoms with Gasteiger partial charge in [0, 0.05) is 19.2 Å². The molecule has 2 rings (SSSR count). The van der Waals surface area contributed by atoms with E-state index >= 15 is 0 Å². The van der Waals surface area contributed by atoms with Crippen molar-refractivity contribution in [3.8, 4) is 6.07 Å². The summed E-state index contributed by atoms with van der Waals surface area (Å²) in [6, 6.07) is 16.5. The van der Waals surface area contributed by atoms with Crippen LogP contribution in [-0.4, -0.2) is 18.9 Å². The Bertz CT molecular complexity index is 744. The largest absolute Gasteiger partial charge is 0.359 e. The quantitative estimate of drug-likeness (QED) is 0.857. The Morgan fingerprint density at radius 2 is 1.58 bits per heavy atom. The number of hydrogen-bond acceptors (Lipinski definition) is 3. The van der Waals surface area contributed by atoms with E-state index in [1.807, 2.05) is 24.3 Å². The van der Waals surface area contributed by atoms with Gasteiger partial charge < -0.3 is 10.6 Å². The normalized spacial score (nSPS) is 9.83. The van der Waals surface area contributed by atoms with Crippen LogP contribution in [0.25, 0.3) is 0 Å². The molecule has 0 unspecified atom stereocenters. The Kier molecular flexibility index (Phi) is 6.09. The summed E-state index contributed by atoms with van der Waals surface area (Å²) in [5, 5.41) is 14.2. The lowest BCUT2D eigenvalue weighted by molar-refractivity contribution is -0.120. The molecule has 122 valence electrons. The van der Waals surface area contributed by atoms with E-state index in [1.165, 1.54) is 0 Å². The van der Waals surface area contributed by atoms with Gasteiger partial charge in [0.1, 0.15) is 0 Å². The standard InChI is InChI=1S/C19H19N3O2/c1-21-19(24)12-15-6-9-17(10-7-15)22-18(23)11-8-14-2-4-16(13-20)5-3-14/h2-7,9-10H,8,11-12H2,1H3,(H,21,24)(H,22,23). The first-order valence-electron chi connectivity index (χ1n) is 7.69. The maximum absolute atomic E-state index is 12.0. The molecule has 0 saturated heterocycles. The van der Waals surface area contributed by atoms with Crippen LogP contribution in [-0.2, 0) is 22.4 Å². The maximum Gasteiger partial charge on any atom is 0.224 e. The molecule has 5 heteroatoms. The minimum Gasteiger partial charge on any atom is -0.359 e. The summed E-state index contributed by atoms with van der Waals surface area (Å²) in [5.41, 5.74) is 3.23. The number of amides is 2. The molecule has 2 aromatic carbocycles. The summed E-state index contributed by atoms with van der Waals surface area (Å²) in [5.74, 6) is -0.118. The molecule has 0 spiro atoms. The minimum atomic E-state index is -0.0709. The van der Waals surface area contributed by atoms with E-state index in [4.69, 9.17) is 5.26 Å². The molecule has 0 aliphatic carbocycles. The van der Waals surface area contributed by atoms with Crippen molar-refractivity contribution >= 4 is 17.5 Å². The molecule has 0 aliphatic rings. The van der Waals surface area contributed by atoms with Gasteiger partial charge in [-0.2, -0.15) is 5.26 Å². The topological polar surface area (TPSA) is 82.0 Å². The third-order valence-corrected chi connectivity index (χ3v) is 3.60. The predicted molar refractivity (Wildman–Crippen MR) is 92.3 cm³/mol. The van der Waals surface area contributed by atoms with Crippen molar-refractivity contribution in [2.75, 3.05) is 12.4 Å². The van der Waals surface area contributed by atoms with Crippen LogP contribution < -0.4 is 10.6 Å². The average Bonchev–Trinajstić information content (AvgIpc) is 2.62. The number of nitrogens with one attached hydrogen (secondary N) is 2. The molecule has 5 nitrogen and oxygen atoms in total. The molecule has 2 amide bonds. The summed E-state index contributed by atoms with van der Waals surface area (Å²) in [7, 11) is 1.60. The molecular formula is C19H19N3O2. The van der Waals surface area contributed by atoms with Crippen LogP contribution in [0.3, 0.4) is 0 Å². The number of aryl methyl sites for hydroxylation is 1. The van der Waals surface area contributed by atoms with Crippen LogP contribution in [0.1, 0.15) is 23.1 Å². The third-order valence-electron chi connectivity index (χ3n) is 3.60. The molecule has 0 aliphatic heterocycles. The van der Waals surface area contributed by atoms with Gasteiger partial charge in [0.05, 0.1) is 18.1 Å². The van der Waals surface area contributed by atoms with Gasteiger partial charge in [-0.05, 0) is 41.8 Å². The van der Waals surface area contributed by atoms with Gasteiger partial charge in [-0.3, -0.25) is 9.59 Å². The van der Waals surface area contributed by atoms with Gasteiger partial charge in [-0.25, -0.2) is 0 Å². The summed E-state index contributed by atoms with van der Waals surface area (Å²) >= 11 is 0. The molecule has 0 aromatic heterocycles. The number of rotatable bonds is 6. The number of carbonyl (C=O) groups excluding carboxylic acids is 2. The first kappa shape index (κ1) is 17.2. The zero-order valence-electron chi connectivity index (χ0n) is 13.5. The summed E-state index contributed by atoms with van der Waals surface area (Å²) in [6.07, 6.45) is 1.31. The van der Waals surface area contributed by atoms with Crippen molar-refractivity contribution in [1.29, 1.82) is 5.26 Å². The number of likely N-dealkylation sites (N-methyl/N-ethyl adjacent to an activating group) is 1. The molecule has 0 atom stereocenters. The highest BCUT2D eigenvalue weighted by Crippen LogP contribution is 2.12. The monoisotopic (exact) mass is 321 g/mol. The van der Waals surface area contributed by atoms with Gasteiger partial charge in [0.2, 0.25) is 11.8 Å². The highest BCUT2D eigenvalue weighted by molar-refractivity contribution is 5.90. The highest BCUT2D eigenvalue weighted by atomic mass is 16.2. The molecular weight excluding hydrogens is 302 g/mol. The molecule has 2 aromatic rings. The molecule has 0 fully saturated rings. The molecule has 0 saturated carbocycles. The number of nitrogens with zero attached hydrogens (tertiary/aromatic N) is 1. The van der Waals surface area contributed by atoms with Crippen molar-refractivity contribution in [1.82, 2.24) is 5.32 Å². The van der Waals surface area contributed by atoms with Crippen LogP contribution in [0.5, 0.6) is 0 Å². The van der Waals surface area contributed by atoms with E-state index in [-0.39, 0.29) is 11.8 Å². The summed E-state index contributed by atoms with van der Waals surface area (Å²) in [6.45, 7) is 0. The van der Waals surface area contributed by atoms with Crippen molar-refractivity contribution < 1.29 is 9.59 Å². The zero-order valence-corrected chi connectivity index (χ0v) is 13.5. The molecule has 0 bridgehead atoms.